The number of hydrogen-bond acceptors (Lipinski definition) is 3. The Morgan fingerprint density at radius 3 is 2.84 bits per heavy atom. The number of phenolic OH excluding ortho intramolecular Hbond substituents is 1. The molecule has 1 aromatic heterocycles. The largest absolute Gasteiger partial charge is 0.505 e. The Morgan fingerprint density at radius 1 is 1.26 bits per heavy atom. The molecule has 0 aliphatic heterocycles. The molecule has 0 unspecified atom stereocenters. The summed E-state index contributed by atoms with van der Waals surface area (Å²) in [5.41, 5.74) is 2.60. The molecule has 94 valence electrons. The summed E-state index contributed by atoms with van der Waals surface area (Å²) in [4.78, 5) is 4.30. The van der Waals surface area contributed by atoms with Crippen LogP contribution in [0.4, 0.5) is 4.39 Å². The Labute approximate surface area is 108 Å². The van der Waals surface area contributed by atoms with Crippen molar-refractivity contribution in [3.8, 4) is 17.2 Å². The number of hydrogen-bond donors (Lipinski definition) is 1. The second kappa shape index (κ2) is 4.24. The van der Waals surface area contributed by atoms with Gasteiger partial charge in [-0.15, -0.1) is 0 Å². The number of para-hydroxylation sites is 1. The van der Waals surface area contributed by atoms with Gasteiger partial charge in [0.25, 0.3) is 0 Å². The molecule has 19 heavy (non-hydrogen) atoms. The number of rotatable bonds is 2. The summed E-state index contributed by atoms with van der Waals surface area (Å²) in [6.07, 6.45) is 1.68. The minimum absolute atomic E-state index is 0.309. The van der Waals surface area contributed by atoms with Crippen LogP contribution in [0.5, 0.6) is 5.75 Å². The molecule has 1 heterocycles. The normalized spacial score (nSPS) is 10.8. The lowest BCUT2D eigenvalue weighted by molar-refractivity contribution is 0.432. The van der Waals surface area contributed by atoms with Crippen molar-refractivity contribution in [2.75, 3.05) is 0 Å². The first kappa shape index (κ1) is 11.5. The highest BCUT2D eigenvalue weighted by molar-refractivity contribution is 5.84. The van der Waals surface area contributed by atoms with Crippen LogP contribution in [0.25, 0.3) is 28.6 Å². The van der Waals surface area contributed by atoms with Crippen LogP contribution >= 0.6 is 0 Å². The molecule has 4 heteroatoms. The second-order valence-electron chi connectivity index (χ2n) is 4.08. The average Bonchev–Trinajstić information content (AvgIpc) is 2.85. The molecule has 3 rings (SSSR count). The number of phenols is 1. The molecule has 0 saturated carbocycles. The molecular formula is C15H10FNO2. The van der Waals surface area contributed by atoms with Crippen LogP contribution in [0.1, 0.15) is 5.56 Å². The molecule has 0 fully saturated rings. The monoisotopic (exact) mass is 255 g/mol. The van der Waals surface area contributed by atoms with Gasteiger partial charge in [-0.05, 0) is 24.3 Å². The van der Waals surface area contributed by atoms with Crippen LogP contribution in [-0.4, -0.2) is 10.1 Å². The van der Waals surface area contributed by atoms with E-state index in [9.17, 15) is 9.50 Å². The summed E-state index contributed by atoms with van der Waals surface area (Å²) in [5, 5.41) is 9.17. The molecular weight excluding hydrogens is 245 g/mol. The fourth-order valence-corrected chi connectivity index (χ4v) is 1.89. The number of fused-ring (bicyclic) bond motifs is 1. The van der Waals surface area contributed by atoms with Gasteiger partial charge in [-0.2, -0.15) is 0 Å². The van der Waals surface area contributed by atoms with E-state index in [1.807, 2.05) is 18.2 Å². The molecule has 1 N–H and O–H groups in total. The first-order chi connectivity index (χ1) is 9.19. The summed E-state index contributed by atoms with van der Waals surface area (Å²) in [6.45, 7) is 3.71. The van der Waals surface area contributed by atoms with E-state index in [4.69, 9.17) is 4.42 Å². The summed E-state index contributed by atoms with van der Waals surface area (Å²) in [7, 11) is 0. The minimum Gasteiger partial charge on any atom is -0.505 e. The zero-order chi connectivity index (χ0) is 13.4. The van der Waals surface area contributed by atoms with Crippen molar-refractivity contribution in [2.45, 2.75) is 0 Å². The predicted molar refractivity (Wildman–Crippen MR) is 71.2 cm³/mol. The molecule has 0 aliphatic rings. The van der Waals surface area contributed by atoms with Crippen LogP contribution in [0.2, 0.25) is 0 Å². The molecule has 0 radical (unpaired) electrons. The molecule has 0 aliphatic carbocycles. The number of nitrogens with zero attached hydrogens (tertiary/aromatic N) is 1. The lowest BCUT2D eigenvalue weighted by Crippen LogP contribution is -1.80. The number of halogens is 1. The van der Waals surface area contributed by atoms with E-state index >= 15 is 0 Å². The van der Waals surface area contributed by atoms with E-state index in [1.54, 1.807) is 12.1 Å². The van der Waals surface area contributed by atoms with Crippen LogP contribution in [0.15, 0.2) is 47.4 Å². The van der Waals surface area contributed by atoms with Crippen molar-refractivity contribution in [1.82, 2.24) is 4.98 Å². The third kappa shape index (κ3) is 1.87. The number of oxazole rings is 1. The fourth-order valence-electron chi connectivity index (χ4n) is 1.89. The summed E-state index contributed by atoms with van der Waals surface area (Å²) < 4.78 is 19.0. The van der Waals surface area contributed by atoms with Crippen molar-refractivity contribution in [3.05, 3.63) is 54.4 Å². The van der Waals surface area contributed by atoms with Crippen LogP contribution in [0.3, 0.4) is 0 Å². The van der Waals surface area contributed by atoms with Crippen molar-refractivity contribution >= 4 is 17.2 Å². The van der Waals surface area contributed by atoms with Gasteiger partial charge in [-0.3, -0.25) is 0 Å². The molecule has 0 spiro atoms. The maximum atomic E-state index is 13.3. The Morgan fingerprint density at radius 2 is 2.11 bits per heavy atom. The van der Waals surface area contributed by atoms with Gasteiger partial charge in [0.05, 0.1) is 0 Å². The summed E-state index contributed by atoms with van der Waals surface area (Å²) in [6, 6.07) is 9.54. The van der Waals surface area contributed by atoms with Crippen LogP contribution < -0.4 is 0 Å². The van der Waals surface area contributed by atoms with Crippen molar-refractivity contribution < 1.29 is 13.9 Å². The second-order valence-corrected chi connectivity index (χ2v) is 4.08. The van der Waals surface area contributed by atoms with Crippen molar-refractivity contribution in [2.24, 2.45) is 0 Å². The maximum Gasteiger partial charge on any atom is 0.227 e. The van der Waals surface area contributed by atoms with Gasteiger partial charge in [-0.1, -0.05) is 24.8 Å². The van der Waals surface area contributed by atoms with E-state index in [1.165, 1.54) is 12.1 Å². The highest BCUT2D eigenvalue weighted by Crippen LogP contribution is 2.29. The number of benzene rings is 2. The van der Waals surface area contributed by atoms with E-state index in [2.05, 4.69) is 11.6 Å². The number of aromatic hydroxyl groups is 1. The standard InChI is InChI=1S/C15H10FNO2/c1-2-9-4-3-5-12-14(9)19-15(17-12)10-6-7-13(18)11(16)8-10/h2-8,18H,1H2. The summed E-state index contributed by atoms with van der Waals surface area (Å²) in [5.74, 6) is -0.793. The lowest BCUT2D eigenvalue weighted by atomic mass is 10.2. The Bertz CT molecular complexity index is 777. The first-order valence-electron chi connectivity index (χ1n) is 5.70. The van der Waals surface area contributed by atoms with Gasteiger partial charge in [0.1, 0.15) is 5.52 Å². The molecule has 3 aromatic rings. The van der Waals surface area contributed by atoms with Gasteiger partial charge in [-0.25, -0.2) is 9.37 Å². The van der Waals surface area contributed by atoms with Crippen LogP contribution in [-0.2, 0) is 0 Å². The summed E-state index contributed by atoms with van der Waals surface area (Å²) >= 11 is 0. The van der Waals surface area contributed by atoms with Gasteiger partial charge < -0.3 is 9.52 Å². The van der Waals surface area contributed by atoms with Gasteiger partial charge in [0.15, 0.2) is 17.1 Å². The molecule has 0 atom stereocenters. The molecule has 0 bridgehead atoms. The Kier molecular flexibility index (Phi) is 2.56. The predicted octanol–water partition coefficient (Wildman–Crippen LogP) is 3.98. The van der Waals surface area contributed by atoms with Gasteiger partial charge >= 0.3 is 0 Å². The van der Waals surface area contributed by atoms with Gasteiger partial charge in [0.2, 0.25) is 5.89 Å². The molecule has 2 aromatic carbocycles. The highest BCUT2D eigenvalue weighted by Gasteiger charge is 2.12. The van der Waals surface area contributed by atoms with E-state index in [0.29, 0.717) is 22.6 Å². The zero-order valence-corrected chi connectivity index (χ0v) is 9.93. The van der Waals surface area contributed by atoms with E-state index in [0.717, 1.165) is 5.56 Å². The van der Waals surface area contributed by atoms with Crippen LogP contribution in [0, 0.1) is 5.82 Å². The SMILES string of the molecule is C=Cc1cccc2nc(-c3ccc(O)c(F)c3)oc12. The highest BCUT2D eigenvalue weighted by atomic mass is 19.1. The van der Waals surface area contributed by atoms with Gasteiger partial charge in [0, 0.05) is 11.1 Å². The minimum atomic E-state index is -0.705. The zero-order valence-electron chi connectivity index (χ0n) is 9.93. The lowest BCUT2D eigenvalue weighted by Gasteiger charge is -1.97. The quantitative estimate of drug-likeness (QED) is 0.753. The smallest absolute Gasteiger partial charge is 0.227 e. The number of aromatic nitrogens is 1. The fraction of sp³-hybridized carbons (Fsp3) is 0. The molecule has 0 amide bonds. The van der Waals surface area contributed by atoms with Crippen molar-refractivity contribution in [1.29, 1.82) is 0 Å². The Hall–Kier alpha value is -2.62. The van der Waals surface area contributed by atoms with E-state index in [-0.39, 0.29) is 0 Å². The molecule has 3 nitrogen and oxygen atoms in total. The third-order valence-corrected chi connectivity index (χ3v) is 2.86. The average molecular weight is 255 g/mol. The van der Waals surface area contributed by atoms with Crippen molar-refractivity contribution in [3.63, 3.8) is 0 Å². The topological polar surface area (TPSA) is 46.3 Å². The molecule has 0 saturated heterocycles. The Balaban J connectivity index is 2.20. The maximum absolute atomic E-state index is 13.3. The third-order valence-electron chi connectivity index (χ3n) is 2.86. The first-order valence-corrected chi connectivity index (χ1v) is 5.70. The van der Waals surface area contributed by atoms with E-state index < -0.39 is 11.6 Å².